The lowest BCUT2D eigenvalue weighted by atomic mass is 10.1. The van der Waals surface area contributed by atoms with Crippen LogP contribution < -0.4 is 5.32 Å². The van der Waals surface area contributed by atoms with Gasteiger partial charge in [0.25, 0.3) is 0 Å². The van der Waals surface area contributed by atoms with Crippen molar-refractivity contribution in [2.45, 2.75) is 50.4 Å². The van der Waals surface area contributed by atoms with Gasteiger partial charge in [0.2, 0.25) is 0 Å². The molecule has 2 N–H and O–H groups in total. The van der Waals surface area contributed by atoms with Crippen molar-refractivity contribution in [3.63, 3.8) is 0 Å². The van der Waals surface area contributed by atoms with Crippen LogP contribution >= 0.6 is 11.8 Å². The van der Waals surface area contributed by atoms with Crippen molar-refractivity contribution in [1.29, 1.82) is 0 Å². The van der Waals surface area contributed by atoms with Gasteiger partial charge in [0.05, 0.1) is 13.7 Å². The van der Waals surface area contributed by atoms with Gasteiger partial charge in [-0.05, 0) is 19.6 Å². The molecule has 0 saturated heterocycles. The maximum Gasteiger partial charge on any atom is 0.322 e. The lowest BCUT2D eigenvalue weighted by molar-refractivity contribution is -0.143. The normalized spacial score (nSPS) is 16.3. The van der Waals surface area contributed by atoms with Crippen LogP contribution in [-0.2, 0) is 9.53 Å². The summed E-state index contributed by atoms with van der Waals surface area (Å²) in [5.41, 5.74) is 0. The molecule has 0 aromatic carbocycles. The summed E-state index contributed by atoms with van der Waals surface area (Å²) in [6.07, 6.45) is 4.77. The topological polar surface area (TPSA) is 58.6 Å². The number of ether oxygens (including phenoxy) is 1. The summed E-state index contributed by atoms with van der Waals surface area (Å²) < 4.78 is 4.79. The second-order valence-corrected chi connectivity index (χ2v) is 5.21. The molecule has 0 aliphatic carbocycles. The Labute approximate surface area is 108 Å². The Balaban J connectivity index is 4.34. The lowest BCUT2D eigenvalue weighted by Crippen LogP contribution is -2.47. The molecule has 0 bridgehead atoms. The molecule has 3 atom stereocenters. The highest BCUT2D eigenvalue weighted by Crippen LogP contribution is 2.12. The first-order chi connectivity index (χ1) is 8.10. The second kappa shape index (κ2) is 9.74. The predicted molar refractivity (Wildman–Crippen MR) is 72.3 cm³/mol. The first kappa shape index (κ1) is 16.7. The Morgan fingerprint density at radius 1 is 1.53 bits per heavy atom. The van der Waals surface area contributed by atoms with Crippen LogP contribution in [0.25, 0.3) is 0 Å². The third-order valence-corrected chi connectivity index (χ3v) is 4.00. The number of carbonyl (C=O) groups excluding carboxylic acids is 1. The van der Waals surface area contributed by atoms with Crippen LogP contribution in [0, 0.1) is 0 Å². The monoisotopic (exact) mass is 263 g/mol. The van der Waals surface area contributed by atoms with Crippen molar-refractivity contribution in [3.8, 4) is 0 Å². The first-order valence-electron chi connectivity index (χ1n) is 6.08. The van der Waals surface area contributed by atoms with E-state index in [1.165, 1.54) is 7.11 Å². The number of hydrogen-bond acceptors (Lipinski definition) is 5. The number of hydrogen-bond donors (Lipinski definition) is 2. The van der Waals surface area contributed by atoms with Crippen LogP contribution in [0.3, 0.4) is 0 Å². The Morgan fingerprint density at radius 2 is 2.18 bits per heavy atom. The molecule has 3 unspecified atom stereocenters. The second-order valence-electron chi connectivity index (χ2n) is 4.13. The van der Waals surface area contributed by atoms with Gasteiger partial charge in [-0.2, -0.15) is 11.8 Å². The molecular formula is C12H25NO3S. The molecule has 0 rings (SSSR count). The van der Waals surface area contributed by atoms with Crippen molar-refractivity contribution in [3.05, 3.63) is 0 Å². The van der Waals surface area contributed by atoms with E-state index < -0.39 is 0 Å². The van der Waals surface area contributed by atoms with Gasteiger partial charge in [-0.15, -0.1) is 0 Å². The summed E-state index contributed by atoms with van der Waals surface area (Å²) in [6.45, 7) is 4.19. The van der Waals surface area contributed by atoms with Crippen LogP contribution in [0.5, 0.6) is 0 Å². The zero-order valence-electron chi connectivity index (χ0n) is 11.2. The fourth-order valence-electron chi connectivity index (χ4n) is 1.68. The van der Waals surface area contributed by atoms with E-state index >= 15 is 0 Å². The lowest BCUT2D eigenvalue weighted by Gasteiger charge is -2.26. The number of methoxy groups -OCH3 is 1. The predicted octanol–water partition coefficient (Wildman–Crippen LogP) is 1.42. The average molecular weight is 263 g/mol. The minimum absolute atomic E-state index is 0.0796. The van der Waals surface area contributed by atoms with E-state index in [1.54, 1.807) is 11.8 Å². The molecule has 0 fully saturated rings. The molecule has 0 aliphatic rings. The smallest absolute Gasteiger partial charge is 0.322 e. The molecule has 0 aliphatic heterocycles. The fourth-order valence-corrected chi connectivity index (χ4v) is 2.32. The molecule has 0 saturated carbocycles. The van der Waals surface area contributed by atoms with E-state index in [2.05, 4.69) is 12.2 Å². The quantitative estimate of drug-likeness (QED) is 0.616. The molecular weight excluding hydrogens is 238 g/mol. The summed E-state index contributed by atoms with van der Waals surface area (Å²) in [4.78, 5) is 11.6. The fraction of sp³-hybridized carbons (Fsp3) is 0.917. The number of esters is 1. The summed E-state index contributed by atoms with van der Waals surface area (Å²) in [5.74, 6) is -0.219. The van der Waals surface area contributed by atoms with Gasteiger partial charge in [0.1, 0.15) is 6.04 Å². The summed E-state index contributed by atoms with van der Waals surface area (Å²) in [6, 6.07) is -0.188. The number of unbranched alkanes of at least 4 members (excludes halogenated alkanes) is 1. The highest BCUT2D eigenvalue weighted by atomic mass is 32.2. The van der Waals surface area contributed by atoms with Crippen molar-refractivity contribution in [1.82, 2.24) is 5.32 Å². The van der Waals surface area contributed by atoms with Crippen molar-refractivity contribution in [2.24, 2.45) is 0 Å². The molecule has 0 aromatic heterocycles. The van der Waals surface area contributed by atoms with Crippen molar-refractivity contribution >= 4 is 17.7 Å². The Morgan fingerprint density at radius 3 is 2.59 bits per heavy atom. The Bertz CT molecular complexity index is 210. The molecule has 0 amide bonds. The zero-order valence-corrected chi connectivity index (χ0v) is 12.0. The molecule has 0 radical (unpaired) electrons. The minimum Gasteiger partial charge on any atom is -0.468 e. The van der Waals surface area contributed by atoms with Crippen molar-refractivity contribution < 1.29 is 14.6 Å². The summed E-state index contributed by atoms with van der Waals surface area (Å²) in [7, 11) is 1.41. The highest BCUT2D eigenvalue weighted by molar-refractivity contribution is 7.99. The van der Waals surface area contributed by atoms with Crippen LogP contribution in [0.15, 0.2) is 0 Å². The van der Waals surface area contributed by atoms with Gasteiger partial charge in [0.15, 0.2) is 0 Å². The largest absolute Gasteiger partial charge is 0.468 e. The van der Waals surface area contributed by atoms with E-state index in [0.717, 1.165) is 19.3 Å². The van der Waals surface area contributed by atoms with E-state index in [1.807, 2.05) is 13.2 Å². The maximum absolute atomic E-state index is 11.6. The van der Waals surface area contributed by atoms with Gasteiger partial charge < -0.3 is 15.2 Å². The van der Waals surface area contributed by atoms with Crippen LogP contribution in [0.2, 0.25) is 0 Å². The number of rotatable bonds is 9. The summed E-state index contributed by atoms with van der Waals surface area (Å²) in [5, 5.41) is 12.6. The third-order valence-electron chi connectivity index (χ3n) is 2.84. The van der Waals surface area contributed by atoms with E-state index in [9.17, 15) is 9.90 Å². The van der Waals surface area contributed by atoms with Gasteiger partial charge in [0, 0.05) is 11.3 Å². The maximum atomic E-state index is 11.6. The van der Waals surface area contributed by atoms with E-state index in [0.29, 0.717) is 0 Å². The number of nitrogens with one attached hydrogen (secondary N) is 1. The van der Waals surface area contributed by atoms with Crippen LogP contribution in [-0.4, -0.2) is 48.4 Å². The molecule has 0 heterocycles. The molecule has 0 spiro atoms. The SMILES string of the molecule is CCCCC(NC(C)C(CO)SC)C(=O)OC. The molecule has 5 heteroatoms. The van der Waals surface area contributed by atoms with Gasteiger partial charge in [-0.3, -0.25) is 4.79 Å². The summed E-state index contributed by atoms with van der Waals surface area (Å²) >= 11 is 1.60. The van der Waals surface area contributed by atoms with Crippen LogP contribution in [0.4, 0.5) is 0 Å². The van der Waals surface area contributed by atoms with Crippen molar-refractivity contribution in [2.75, 3.05) is 20.0 Å². The Hall–Kier alpha value is -0.260. The average Bonchev–Trinajstić information content (AvgIpc) is 2.34. The molecule has 102 valence electrons. The number of thioether (sulfide) groups is 1. The van der Waals surface area contributed by atoms with E-state index in [4.69, 9.17) is 4.74 Å². The van der Waals surface area contributed by atoms with E-state index in [-0.39, 0.29) is 29.9 Å². The molecule has 17 heavy (non-hydrogen) atoms. The van der Waals surface area contributed by atoms with Gasteiger partial charge in [-0.25, -0.2) is 0 Å². The van der Waals surface area contributed by atoms with Crippen LogP contribution in [0.1, 0.15) is 33.1 Å². The Kier molecular flexibility index (Phi) is 9.59. The highest BCUT2D eigenvalue weighted by Gasteiger charge is 2.24. The standard InChI is InChI=1S/C12H25NO3S/c1-5-6-7-10(12(15)16-3)13-9(2)11(8-14)17-4/h9-11,13-14H,5-8H2,1-4H3. The third kappa shape index (κ3) is 6.29. The molecule has 0 aromatic rings. The number of aliphatic hydroxyl groups is 1. The first-order valence-corrected chi connectivity index (χ1v) is 7.36. The minimum atomic E-state index is -0.267. The van der Waals surface area contributed by atoms with Gasteiger partial charge in [-0.1, -0.05) is 19.8 Å². The molecule has 4 nitrogen and oxygen atoms in total. The van der Waals surface area contributed by atoms with Gasteiger partial charge >= 0.3 is 5.97 Å². The number of carbonyl (C=O) groups is 1. The zero-order chi connectivity index (χ0) is 13.3. The number of aliphatic hydroxyl groups excluding tert-OH is 1.